The Morgan fingerprint density at radius 1 is 1.25 bits per heavy atom. The summed E-state index contributed by atoms with van der Waals surface area (Å²) in [6.07, 6.45) is 1.04. The second-order valence-corrected chi connectivity index (χ2v) is 7.02. The molecule has 6 heteroatoms. The quantitative estimate of drug-likeness (QED) is 0.936. The van der Waals surface area contributed by atoms with Crippen LogP contribution in [0.1, 0.15) is 38.4 Å². The van der Waals surface area contributed by atoms with Crippen molar-refractivity contribution >= 4 is 11.7 Å². The van der Waals surface area contributed by atoms with Crippen LogP contribution >= 0.6 is 0 Å². The average molecular weight is 329 g/mol. The van der Waals surface area contributed by atoms with Crippen molar-refractivity contribution in [3.63, 3.8) is 0 Å². The van der Waals surface area contributed by atoms with E-state index in [-0.39, 0.29) is 18.1 Å². The highest BCUT2D eigenvalue weighted by molar-refractivity contribution is 5.90. The summed E-state index contributed by atoms with van der Waals surface area (Å²) in [5, 5.41) is 7.39. The third kappa shape index (κ3) is 3.53. The van der Waals surface area contributed by atoms with Gasteiger partial charge in [-0.2, -0.15) is 5.10 Å². The van der Waals surface area contributed by atoms with Crippen LogP contribution in [0.15, 0.2) is 24.3 Å². The Hall–Kier alpha value is -2.50. The number of carbonyl (C=O) groups is 1. The summed E-state index contributed by atoms with van der Waals surface area (Å²) in [4.78, 5) is 12.2. The molecule has 1 amide bonds. The number of amides is 1. The van der Waals surface area contributed by atoms with Crippen LogP contribution < -0.4 is 14.8 Å². The second kappa shape index (κ2) is 6.19. The number of rotatable bonds is 4. The van der Waals surface area contributed by atoms with E-state index in [0.717, 1.165) is 28.6 Å². The lowest BCUT2D eigenvalue weighted by molar-refractivity contribution is -0.116. The summed E-state index contributed by atoms with van der Waals surface area (Å²) in [5.74, 6) is 2.19. The first-order chi connectivity index (χ1) is 11.3. The minimum atomic E-state index is -0.0484. The van der Waals surface area contributed by atoms with Gasteiger partial charge in [0.15, 0.2) is 11.5 Å². The van der Waals surface area contributed by atoms with E-state index in [2.05, 4.69) is 31.2 Å². The molecule has 0 unspecified atom stereocenters. The smallest absolute Gasteiger partial charge is 0.231 e. The summed E-state index contributed by atoms with van der Waals surface area (Å²) < 4.78 is 12.4. The highest BCUT2D eigenvalue weighted by Crippen LogP contribution is 2.32. The van der Waals surface area contributed by atoms with Crippen molar-refractivity contribution < 1.29 is 14.3 Å². The van der Waals surface area contributed by atoms with Gasteiger partial charge < -0.3 is 14.8 Å². The summed E-state index contributed by atoms with van der Waals surface area (Å²) in [7, 11) is 1.84. The molecule has 0 bridgehead atoms. The molecule has 0 atom stereocenters. The van der Waals surface area contributed by atoms with Crippen molar-refractivity contribution in [2.24, 2.45) is 7.05 Å². The van der Waals surface area contributed by atoms with Gasteiger partial charge in [-0.05, 0) is 24.1 Å². The van der Waals surface area contributed by atoms with Crippen LogP contribution in [0.25, 0.3) is 0 Å². The van der Waals surface area contributed by atoms with Gasteiger partial charge in [0.05, 0.1) is 5.69 Å². The van der Waals surface area contributed by atoms with Crippen molar-refractivity contribution in [2.45, 2.75) is 39.0 Å². The summed E-state index contributed by atoms with van der Waals surface area (Å²) >= 11 is 0. The Labute approximate surface area is 141 Å². The fraction of sp³-hybridized carbons (Fsp3) is 0.444. The molecule has 1 aromatic heterocycles. The molecule has 0 fully saturated rings. The minimum Gasteiger partial charge on any atom is -0.454 e. The minimum absolute atomic E-state index is 0.0314. The first-order valence-corrected chi connectivity index (χ1v) is 8.06. The molecule has 1 N–H and O–H groups in total. The normalized spacial score (nSPS) is 13.2. The number of carbonyl (C=O) groups excluding carboxylic acids is 1. The van der Waals surface area contributed by atoms with Gasteiger partial charge in [0.1, 0.15) is 5.82 Å². The molecule has 1 aliphatic rings. The zero-order valence-corrected chi connectivity index (χ0v) is 14.5. The second-order valence-electron chi connectivity index (χ2n) is 7.02. The van der Waals surface area contributed by atoms with Crippen molar-refractivity contribution in [3.8, 4) is 11.5 Å². The molecular formula is C18H23N3O3. The number of anilines is 1. The highest BCUT2D eigenvalue weighted by atomic mass is 16.7. The Morgan fingerprint density at radius 3 is 2.71 bits per heavy atom. The SMILES string of the molecule is Cn1nc(C(C)(C)C)cc1NC(=O)CCc1ccc2c(c1)OCO2. The van der Waals surface area contributed by atoms with Gasteiger partial charge in [-0.25, -0.2) is 0 Å². The third-order valence-electron chi connectivity index (χ3n) is 3.99. The topological polar surface area (TPSA) is 65.4 Å². The molecule has 0 radical (unpaired) electrons. The fourth-order valence-corrected chi connectivity index (χ4v) is 2.51. The van der Waals surface area contributed by atoms with Gasteiger partial charge in [-0.3, -0.25) is 9.48 Å². The van der Waals surface area contributed by atoms with Crippen molar-refractivity contribution in [1.82, 2.24) is 9.78 Å². The number of nitrogens with one attached hydrogen (secondary N) is 1. The van der Waals surface area contributed by atoms with E-state index in [1.165, 1.54) is 0 Å². The number of hydrogen-bond donors (Lipinski definition) is 1. The van der Waals surface area contributed by atoms with Crippen molar-refractivity contribution in [2.75, 3.05) is 12.1 Å². The van der Waals surface area contributed by atoms with Gasteiger partial charge in [-0.1, -0.05) is 26.8 Å². The van der Waals surface area contributed by atoms with Crippen LogP contribution in [0.2, 0.25) is 0 Å². The maximum atomic E-state index is 12.2. The number of nitrogens with zero attached hydrogens (tertiary/aromatic N) is 2. The molecule has 0 saturated heterocycles. The van der Waals surface area contributed by atoms with E-state index in [1.807, 2.05) is 31.3 Å². The molecule has 128 valence electrons. The van der Waals surface area contributed by atoms with E-state index in [4.69, 9.17) is 9.47 Å². The van der Waals surface area contributed by atoms with Crippen LogP contribution in [0.3, 0.4) is 0 Å². The van der Waals surface area contributed by atoms with Crippen LogP contribution in [-0.2, 0) is 23.7 Å². The number of fused-ring (bicyclic) bond motifs is 1. The molecule has 1 aromatic carbocycles. The number of hydrogen-bond acceptors (Lipinski definition) is 4. The summed E-state index contributed by atoms with van der Waals surface area (Å²) in [6, 6.07) is 7.70. The molecule has 0 saturated carbocycles. The lowest BCUT2D eigenvalue weighted by Crippen LogP contribution is -2.14. The van der Waals surface area contributed by atoms with Gasteiger partial charge in [0, 0.05) is 24.9 Å². The number of ether oxygens (including phenoxy) is 2. The molecule has 24 heavy (non-hydrogen) atoms. The monoisotopic (exact) mass is 329 g/mol. The molecule has 2 heterocycles. The summed E-state index contributed by atoms with van der Waals surface area (Å²) in [6.45, 7) is 6.55. The maximum absolute atomic E-state index is 12.2. The molecule has 3 rings (SSSR count). The first-order valence-electron chi connectivity index (χ1n) is 8.06. The largest absolute Gasteiger partial charge is 0.454 e. The van der Waals surface area contributed by atoms with Crippen molar-refractivity contribution in [3.05, 3.63) is 35.5 Å². The van der Waals surface area contributed by atoms with E-state index in [9.17, 15) is 4.79 Å². The molecule has 0 aliphatic carbocycles. The zero-order chi connectivity index (χ0) is 17.3. The molecule has 0 spiro atoms. The first kappa shape index (κ1) is 16.4. The predicted octanol–water partition coefficient (Wildman–Crippen LogP) is 3.02. The van der Waals surface area contributed by atoms with Crippen LogP contribution in [0, 0.1) is 0 Å². The molecule has 6 nitrogen and oxygen atoms in total. The Balaban J connectivity index is 1.59. The number of benzene rings is 1. The van der Waals surface area contributed by atoms with E-state index in [1.54, 1.807) is 4.68 Å². The molecular weight excluding hydrogens is 306 g/mol. The average Bonchev–Trinajstić information content (AvgIpc) is 3.11. The van der Waals surface area contributed by atoms with E-state index in [0.29, 0.717) is 12.8 Å². The Kier molecular flexibility index (Phi) is 4.22. The van der Waals surface area contributed by atoms with Gasteiger partial charge in [0.2, 0.25) is 12.7 Å². The molecule has 2 aromatic rings. The van der Waals surface area contributed by atoms with Crippen LogP contribution in [-0.4, -0.2) is 22.5 Å². The third-order valence-corrected chi connectivity index (χ3v) is 3.99. The summed E-state index contributed by atoms with van der Waals surface area (Å²) in [5.41, 5.74) is 1.96. The molecule has 1 aliphatic heterocycles. The van der Waals surface area contributed by atoms with E-state index >= 15 is 0 Å². The van der Waals surface area contributed by atoms with Gasteiger partial charge >= 0.3 is 0 Å². The van der Waals surface area contributed by atoms with E-state index < -0.39 is 0 Å². The number of aromatic nitrogens is 2. The number of aryl methyl sites for hydroxylation is 2. The van der Waals surface area contributed by atoms with Crippen LogP contribution in [0.5, 0.6) is 11.5 Å². The highest BCUT2D eigenvalue weighted by Gasteiger charge is 2.20. The predicted molar refractivity (Wildman–Crippen MR) is 91.4 cm³/mol. The fourth-order valence-electron chi connectivity index (χ4n) is 2.51. The van der Waals surface area contributed by atoms with Crippen molar-refractivity contribution in [1.29, 1.82) is 0 Å². The lowest BCUT2D eigenvalue weighted by Gasteiger charge is -2.13. The Morgan fingerprint density at radius 2 is 2.00 bits per heavy atom. The van der Waals surface area contributed by atoms with Gasteiger partial charge in [0.25, 0.3) is 0 Å². The zero-order valence-electron chi connectivity index (χ0n) is 14.5. The Bertz CT molecular complexity index is 759. The van der Waals surface area contributed by atoms with Crippen LogP contribution in [0.4, 0.5) is 5.82 Å². The maximum Gasteiger partial charge on any atom is 0.231 e. The van der Waals surface area contributed by atoms with Gasteiger partial charge in [-0.15, -0.1) is 0 Å². The standard InChI is InChI=1S/C18H23N3O3/c1-18(2,3)15-10-16(21(4)20-15)19-17(22)8-6-12-5-7-13-14(9-12)24-11-23-13/h5,7,9-10H,6,8,11H2,1-4H3,(H,19,22). The lowest BCUT2D eigenvalue weighted by atomic mass is 9.92.